The average Bonchev–Trinajstić information content (AvgIpc) is 3.31. The van der Waals surface area contributed by atoms with Gasteiger partial charge in [0.1, 0.15) is 23.5 Å². The first-order chi connectivity index (χ1) is 13.8. The van der Waals surface area contributed by atoms with E-state index in [0.29, 0.717) is 23.5 Å². The van der Waals surface area contributed by atoms with Crippen molar-refractivity contribution in [2.45, 2.75) is 18.9 Å². The molecule has 1 aliphatic heterocycles. The van der Waals surface area contributed by atoms with Gasteiger partial charge in [0.2, 0.25) is 5.95 Å². The van der Waals surface area contributed by atoms with Crippen LogP contribution in [0, 0.1) is 5.82 Å². The average molecular weight is 378 g/mol. The second kappa shape index (κ2) is 7.05. The van der Waals surface area contributed by atoms with Crippen molar-refractivity contribution < 1.29 is 8.81 Å². The van der Waals surface area contributed by atoms with Gasteiger partial charge in [-0.05, 0) is 49.7 Å². The van der Waals surface area contributed by atoms with Gasteiger partial charge in [-0.2, -0.15) is 4.98 Å². The number of rotatable bonds is 4. The predicted octanol–water partition coefficient (Wildman–Crippen LogP) is 3.35. The first-order valence-corrected chi connectivity index (χ1v) is 9.30. The molecule has 8 heteroatoms. The summed E-state index contributed by atoms with van der Waals surface area (Å²) in [5.74, 6) is 0.747. The van der Waals surface area contributed by atoms with Crippen LogP contribution in [0.15, 0.2) is 53.4 Å². The number of hydrogen-bond donors (Lipinski definition) is 2. The van der Waals surface area contributed by atoms with Crippen molar-refractivity contribution in [2.75, 3.05) is 18.4 Å². The highest BCUT2D eigenvalue weighted by Gasteiger charge is 2.20. The normalized spacial score (nSPS) is 17.1. The fourth-order valence-electron chi connectivity index (χ4n) is 3.56. The number of fused-ring (bicyclic) bond motifs is 1. The lowest BCUT2D eigenvalue weighted by atomic mass is 10.1. The number of nitrogens with zero attached hydrogens (tertiary/aromatic N) is 4. The third kappa shape index (κ3) is 3.11. The molecule has 0 saturated carbocycles. The molecule has 0 bridgehead atoms. The second-order valence-corrected chi connectivity index (χ2v) is 6.82. The lowest BCUT2D eigenvalue weighted by Crippen LogP contribution is -2.38. The summed E-state index contributed by atoms with van der Waals surface area (Å²) in [6.07, 6.45) is 7.32. The first-order valence-electron chi connectivity index (χ1n) is 9.30. The Labute approximate surface area is 160 Å². The molecule has 1 saturated heterocycles. The van der Waals surface area contributed by atoms with E-state index in [4.69, 9.17) is 9.40 Å². The summed E-state index contributed by atoms with van der Waals surface area (Å²) < 4.78 is 20.7. The van der Waals surface area contributed by atoms with Crippen LogP contribution in [-0.4, -0.2) is 38.5 Å². The second-order valence-electron chi connectivity index (χ2n) is 6.82. The van der Waals surface area contributed by atoms with Crippen LogP contribution in [0.1, 0.15) is 12.8 Å². The van der Waals surface area contributed by atoms with Crippen LogP contribution in [0.5, 0.6) is 0 Å². The summed E-state index contributed by atoms with van der Waals surface area (Å²) >= 11 is 0. The van der Waals surface area contributed by atoms with E-state index in [1.54, 1.807) is 30.8 Å². The van der Waals surface area contributed by atoms with Gasteiger partial charge in [0.25, 0.3) is 0 Å². The summed E-state index contributed by atoms with van der Waals surface area (Å²) in [4.78, 5) is 13.7. The van der Waals surface area contributed by atoms with E-state index in [1.165, 1.54) is 12.1 Å². The van der Waals surface area contributed by atoms with Gasteiger partial charge in [0.15, 0.2) is 0 Å². The maximum atomic E-state index is 13.4. The smallest absolute Gasteiger partial charge is 0.306 e. The van der Waals surface area contributed by atoms with Crippen molar-refractivity contribution in [2.24, 2.45) is 0 Å². The number of oxazole rings is 1. The van der Waals surface area contributed by atoms with Gasteiger partial charge in [0, 0.05) is 30.5 Å². The van der Waals surface area contributed by atoms with Gasteiger partial charge in [-0.15, -0.1) is 0 Å². The maximum absolute atomic E-state index is 13.4. The van der Waals surface area contributed by atoms with E-state index < -0.39 is 0 Å². The Morgan fingerprint density at radius 3 is 2.89 bits per heavy atom. The van der Waals surface area contributed by atoms with Crippen molar-refractivity contribution in [3.05, 3.63) is 54.8 Å². The molecule has 3 aromatic heterocycles. The summed E-state index contributed by atoms with van der Waals surface area (Å²) in [7, 11) is 0. The molecule has 0 radical (unpaired) electrons. The summed E-state index contributed by atoms with van der Waals surface area (Å²) in [5.41, 5.74) is 2.97. The van der Waals surface area contributed by atoms with Crippen molar-refractivity contribution in [1.82, 2.24) is 24.7 Å². The Bertz CT molecular complexity index is 1100. The Kier molecular flexibility index (Phi) is 4.25. The highest BCUT2D eigenvalue weighted by molar-refractivity contribution is 5.79. The molecule has 4 aromatic rings. The lowest BCUT2D eigenvalue weighted by molar-refractivity contribution is 0.478. The highest BCUT2D eigenvalue weighted by atomic mass is 19.1. The number of nitrogens with one attached hydrogen (secondary N) is 2. The predicted molar refractivity (Wildman–Crippen MR) is 103 cm³/mol. The van der Waals surface area contributed by atoms with E-state index in [2.05, 4.69) is 20.6 Å². The van der Waals surface area contributed by atoms with Crippen LogP contribution < -0.4 is 10.6 Å². The summed E-state index contributed by atoms with van der Waals surface area (Å²) in [6.45, 7) is 1.95. The van der Waals surface area contributed by atoms with Crippen LogP contribution in [0.2, 0.25) is 0 Å². The fourth-order valence-corrected chi connectivity index (χ4v) is 3.56. The number of imidazole rings is 1. The third-order valence-corrected chi connectivity index (χ3v) is 4.91. The van der Waals surface area contributed by atoms with Crippen LogP contribution in [-0.2, 0) is 0 Å². The number of halogens is 1. The molecule has 1 unspecified atom stereocenters. The van der Waals surface area contributed by atoms with Crippen molar-refractivity contribution in [1.29, 1.82) is 0 Å². The number of hydrogen-bond acceptors (Lipinski definition) is 6. The molecule has 142 valence electrons. The zero-order valence-corrected chi connectivity index (χ0v) is 15.1. The summed E-state index contributed by atoms with van der Waals surface area (Å²) in [6, 6.07) is 8.39. The molecule has 4 heterocycles. The molecule has 1 aliphatic rings. The standard InChI is InChI=1S/C20H19FN6O/c21-14-5-3-13(4-6-14)17-18(27-10-11-28-20(27)26-17)16-7-9-23-19(25-16)24-15-2-1-8-22-12-15/h3-7,9-11,15,22H,1-2,8,12H2,(H,23,24,25). The van der Waals surface area contributed by atoms with Gasteiger partial charge in [-0.25, -0.2) is 14.4 Å². The molecule has 1 aromatic carbocycles. The van der Waals surface area contributed by atoms with Gasteiger partial charge in [-0.1, -0.05) is 0 Å². The topological polar surface area (TPSA) is 80.3 Å². The molecule has 1 fully saturated rings. The number of benzene rings is 1. The molecule has 28 heavy (non-hydrogen) atoms. The Morgan fingerprint density at radius 2 is 2.07 bits per heavy atom. The Morgan fingerprint density at radius 1 is 1.18 bits per heavy atom. The van der Waals surface area contributed by atoms with Gasteiger partial charge in [0.05, 0.1) is 5.69 Å². The molecule has 7 nitrogen and oxygen atoms in total. The molecular weight excluding hydrogens is 359 g/mol. The van der Waals surface area contributed by atoms with E-state index >= 15 is 0 Å². The first kappa shape index (κ1) is 16.9. The van der Waals surface area contributed by atoms with E-state index in [9.17, 15) is 4.39 Å². The zero-order chi connectivity index (χ0) is 18.9. The molecule has 0 aliphatic carbocycles. The number of piperidine rings is 1. The van der Waals surface area contributed by atoms with Crippen molar-refractivity contribution in [3.8, 4) is 22.6 Å². The van der Waals surface area contributed by atoms with Crippen LogP contribution in [0.4, 0.5) is 10.3 Å². The minimum atomic E-state index is -0.289. The highest BCUT2D eigenvalue weighted by Crippen LogP contribution is 2.32. The van der Waals surface area contributed by atoms with E-state index in [1.807, 2.05) is 10.5 Å². The quantitative estimate of drug-likeness (QED) is 0.567. The molecule has 0 amide bonds. The SMILES string of the molecule is Fc1ccc(-c2nc3occn3c2-c2ccnc(NC3CCCNC3)n2)cc1. The molecule has 1 atom stereocenters. The van der Waals surface area contributed by atoms with Gasteiger partial charge < -0.3 is 15.1 Å². The molecule has 5 rings (SSSR count). The largest absolute Gasteiger partial charge is 0.432 e. The minimum absolute atomic E-state index is 0.289. The number of anilines is 1. The zero-order valence-electron chi connectivity index (χ0n) is 15.1. The van der Waals surface area contributed by atoms with Crippen molar-refractivity contribution in [3.63, 3.8) is 0 Å². The Hall–Kier alpha value is -3.26. The van der Waals surface area contributed by atoms with E-state index in [0.717, 1.165) is 42.9 Å². The maximum Gasteiger partial charge on any atom is 0.306 e. The molecule has 0 spiro atoms. The fraction of sp³-hybridized carbons (Fsp3) is 0.250. The van der Waals surface area contributed by atoms with Gasteiger partial charge in [-0.3, -0.25) is 4.40 Å². The molecule has 2 N–H and O–H groups in total. The van der Waals surface area contributed by atoms with Crippen LogP contribution in [0.3, 0.4) is 0 Å². The lowest BCUT2D eigenvalue weighted by Gasteiger charge is -2.23. The summed E-state index contributed by atoms with van der Waals surface area (Å²) in [5, 5.41) is 6.78. The van der Waals surface area contributed by atoms with Gasteiger partial charge >= 0.3 is 5.84 Å². The van der Waals surface area contributed by atoms with Crippen LogP contribution in [0.25, 0.3) is 28.5 Å². The van der Waals surface area contributed by atoms with Crippen molar-refractivity contribution >= 4 is 11.8 Å². The minimum Gasteiger partial charge on any atom is -0.432 e. The Balaban J connectivity index is 1.57. The van der Waals surface area contributed by atoms with E-state index in [-0.39, 0.29) is 5.82 Å². The molecular formula is C20H19FN6O. The number of aromatic nitrogens is 4. The van der Waals surface area contributed by atoms with Crippen LogP contribution >= 0.6 is 0 Å². The third-order valence-electron chi connectivity index (χ3n) is 4.91. The monoisotopic (exact) mass is 378 g/mol.